The summed E-state index contributed by atoms with van der Waals surface area (Å²) in [4.78, 5) is 10.7. The first-order valence-corrected chi connectivity index (χ1v) is 4.25. The molecule has 6 nitrogen and oxygen atoms in total. The quantitative estimate of drug-likeness (QED) is 0.430. The van der Waals surface area contributed by atoms with E-state index in [1.807, 2.05) is 0 Å². The van der Waals surface area contributed by atoms with Crippen LogP contribution in [0.1, 0.15) is 12.8 Å². The van der Waals surface area contributed by atoms with Crippen molar-refractivity contribution in [2.75, 3.05) is 7.11 Å². The van der Waals surface area contributed by atoms with Crippen molar-refractivity contribution in [1.29, 1.82) is 0 Å². The molecule has 1 fully saturated rings. The molecule has 1 rings (SSSR count). The first kappa shape index (κ1) is 11.4. The summed E-state index contributed by atoms with van der Waals surface area (Å²) in [7, 11) is 1.29. The van der Waals surface area contributed by atoms with Gasteiger partial charge in [-0.3, -0.25) is 0 Å². The van der Waals surface area contributed by atoms with Gasteiger partial charge in [-0.25, -0.2) is 4.79 Å². The SMILES string of the molecule is COC1C[C@@](O)(C(=O)O)C[C@H](O)C1O. The Morgan fingerprint density at radius 2 is 2.00 bits per heavy atom. The largest absolute Gasteiger partial charge is 0.479 e. The van der Waals surface area contributed by atoms with Crippen LogP contribution in [-0.2, 0) is 9.53 Å². The zero-order chi connectivity index (χ0) is 10.9. The number of ether oxygens (including phenoxy) is 1. The molecule has 0 radical (unpaired) electrons. The molecular formula is C8H14O6. The summed E-state index contributed by atoms with van der Waals surface area (Å²) in [5, 5.41) is 37.0. The van der Waals surface area contributed by atoms with E-state index in [1.54, 1.807) is 0 Å². The van der Waals surface area contributed by atoms with Crippen LogP contribution in [0.25, 0.3) is 0 Å². The monoisotopic (exact) mass is 206 g/mol. The third-order valence-electron chi connectivity index (χ3n) is 2.56. The molecule has 0 aromatic carbocycles. The number of aliphatic carboxylic acids is 1. The first-order chi connectivity index (χ1) is 6.40. The van der Waals surface area contributed by atoms with Crippen molar-refractivity contribution in [2.45, 2.75) is 36.8 Å². The maximum Gasteiger partial charge on any atom is 0.335 e. The zero-order valence-corrected chi connectivity index (χ0v) is 7.75. The maximum absolute atomic E-state index is 10.7. The van der Waals surface area contributed by atoms with Crippen LogP contribution in [0.15, 0.2) is 0 Å². The summed E-state index contributed by atoms with van der Waals surface area (Å²) in [5.74, 6) is -1.41. The summed E-state index contributed by atoms with van der Waals surface area (Å²) in [6.45, 7) is 0. The Morgan fingerprint density at radius 3 is 2.43 bits per heavy atom. The lowest BCUT2D eigenvalue weighted by molar-refractivity contribution is -0.190. The van der Waals surface area contributed by atoms with Crippen LogP contribution in [0, 0.1) is 0 Å². The maximum atomic E-state index is 10.7. The van der Waals surface area contributed by atoms with E-state index in [9.17, 15) is 20.1 Å². The number of carboxylic acid groups (broad SMARTS) is 1. The third kappa shape index (κ3) is 1.88. The second-order valence-electron chi connectivity index (χ2n) is 3.58. The summed E-state index contributed by atoms with van der Waals surface area (Å²) < 4.78 is 4.79. The predicted molar refractivity (Wildman–Crippen MR) is 44.6 cm³/mol. The number of aliphatic hydroxyl groups is 3. The van der Waals surface area contributed by atoms with Crippen molar-refractivity contribution in [3.63, 3.8) is 0 Å². The summed E-state index contributed by atoms with van der Waals surface area (Å²) >= 11 is 0. The average Bonchev–Trinajstić information content (AvgIpc) is 2.11. The molecule has 0 aromatic rings. The lowest BCUT2D eigenvalue weighted by atomic mass is 9.79. The molecule has 1 aliphatic carbocycles. The molecule has 0 saturated heterocycles. The number of carboxylic acids is 1. The van der Waals surface area contributed by atoms with Crippen molar-refractivity contribution in [3.05, 3.63) is 0 Å². The number of carbonyl (C=O) groups is 1. The van der Waals surface area contributed by atoms with Crippen LogP contribution < -0.4 is 0 Å². The van der Waals surface area contributed by atoms with Gasteiger partial charge in [0.1, 0.15) is 6.10 Å². The zero-order valence-electron chi connectivity index (χ0n) is 7.75. The lowest BCUT2D eigenvalue weighted by Crippen LogP contribution is -2.56. The van der Waals surface area contributed by atoms with Gasteiger partial charge in [0.25, 0.3) is 0 Å². The average molecular weight is 206 g/mol. The van der Waals surface area contributed by atoms with Crippen LogP contribution >= 0.6 is 0 Å². The molecule has 1 saturated carbocycles. The minimum absolute atomic E-state index is 0.225. The smallest absolute Gasteiger partial charge is 0.335 e. The van der Waals surface area contributed by atoms with Crippen LogP contribution in [0.4, 0.5) is 0 Å². The van der Waals surface area contributed by atoms with Gasteiger partial charge in [-0.05, 0) is 0 Å². The Morgan fingerprint density at radius 1 is 1.43 bits per heavy atom. The van der Waals surface area contributed by atoms with Gasteiger partial charge in [0.15, 0.2) is 5.60 Å². The highest BCUT2D eigenvalue weighted by atomic mass is 16.5. The molecule has 82 valence electrons. The van der Waals surface area contributed by atoms with E-state index in [0.29, 0.717) is 0 Å². The van der Waals surface area contributed by atoms with Crippen LogP contribution in [0.3, 0.4) is 0 Å². The lowest BCUT2D eigenvalue weighted by Gasteiger charge is -2.38. The Bertz CT molecular complexity index is 230. The van der Waals surface area contributed by atoms with E-state index < -0.39 is 29.9 Å². The molecule has 0 bridgehead atoms. The summed E-state index contributed by atoms with van der Waals surface area (Å²) in [5.41, 5.74) is -2.01. The Balaban J connectivity index is 2.81. The molecular weight excluding hydrogens is 192 g/mol. The molecule has 14 heavy (non-hydrogen) atoms. The Labute approximate surface area is 80.7 Å². The van der Waals surface area contributed by atoms with Gasteiger partial charge < -0.3 is 25.2 Å². The molecule has 0 spiro atoms. The minimum Gasteiger partial charge on any atom is -0.479 e. The molecule has 0 aliphatic heterocycles. The molecule has 1 aliphatic rings. The first-order valence-electron chi connectivity index (χ1n) is 4.25. The van der Waals surface area contributed by atoms with E-state index in [-0.39, 0.29) is 12.8 Å². The Kier molecular flexibility index (Phi) is 3.10. The predicted octanol–water partition coefficient (Wildman–Crippen LogP) is -1.67. The minimum atomic E-state index is -2.01. The standard InChI is InChI=1S/C8H14O6/c1-14-5-3-8(13,7(11)12)2-4(9)6(5)10/h4-6,9-10,13H,2-3H2,1H3,(H,11,12)/t4-,5?,6?,8+/m0/s1. The van der Waals surface area contributed by atoms with Crippen molar-refractivity contribution < 1.29 is 30.0 Å². The van der Waals surface area contributed by atoms with Crippen molar-refractivity contribution in [3.8, 4) is 0 Å². The van der Waals surface area contributed by atoms with E-state index in [0.717, 1.165) is 0 Å². The third-order valence-corrected chi connectivity index (χ3v) is 2.56. The van der Waals surface area contributed by atoms with E-state index >= 15 is 0 Å². The van der Waals surface area contributed by atoms with Gasteiger partial charge in [0.2, 0.25) is 0 Å². The van der Waals surface area contributed by atoms with Crippen molar-refractivity contribution in [2.24, 2.45) is 0 Å². The van der Waals surface area contributed by atoms with Gasteiger partial charge in [-0.15, -0.1) is 0 Å². The fourth-order valence-electron chi connectivity index (χ4n) is 1.65. The normalized spacial score (nSPS) is 43.6. The van der Waals surface area contributed by atoms with Crippen molar-refractivity contribution in [1.82, 2.24) is 0 Å². The molecule has 0 amide bonds. The van der Waals surface area contributed by atoms with Gasteiger partial charge >= 0.3 is 5.97 Å². The summed E-state index contributed by atoms with van der Waals surface area (Å²) in [6, 6.07) is 0. The highest BCUT2D eigenvalue weighted by Gasteiger charge is 2.49. The van der Waals surface area contributed by atoms with E-state index in [4.69, 9.17) is 9.84 Å². The van der Waals surface area contributed by atoms with Crippen LogP contribution in [0.5, 0.6) is 0 Å². The van der Waals surface area contributed by atoms with Crippen molar-refractivity contribution >= 4 is 5.97 Å². The molecule has 2 unspecified atom stereocenters. The fourth-order valence-corrected chi connectivity index (χ4v) is 1.65. The number of hydrogen-bond acceptors (Lipinski definition) is 5. The number of methoxy groups -OCH3 is 1. The highest BCUT2D eigenvalue weighted by Crippen LogP contribution is 2.30. The van der Waals surface area contributed by atoms with E-state index in [1.165, 1.54) is 7.11 Å². The van der Waals surface area contributed by atoms with Crippen LogP contribution in [-0.4, -0.2) is 57.4 Å². The van der Waals surface area contributed by atoms with Gasteiger partial charge in [-0.1, -0.05) is 0 Å². The van der Waals surface area contributed by atoms with Gasteiger partial charge in [-0.2, -0.15) is 0 Å². The van der Waals surface area contributed by atoms with Gasteiger partial charge in [0.05, 0.1) is 12.2 Å². The molecule has 0 heterocycles. The second kappa shape index (κ2) is 3.82. The number of aliphatic hydroxyl groups excluding tert-OH is 2. The fraction of sp³-hybridized carbons (Fsp3) is 0.875. The van der Waals surface area contributed by atoms with Gasteiger partial charge in [0, 0.05) is 20.0 Å². The number of rotatable bonds is 2. The summed E-state index contributed by atoms with van der Waals surface area (Å²) in [6.07, 6.45) is -3.91. The highest BCUT2D eigenvalue weighted by molar-refractivity contribution is 5.77. The molecule has 0 aromatic heterocycles. The topological polar surface area (TPSA) is 107 Å². The molecule has 4 N–H and O–H groups in total. The molecule has 4 atom stereocenters. The van der Waals surface area contributed by atoms with Crippen LogP contribution in [0.2, 0.25) is 0 Å². The number of hydrogen-bond donors (Lipinski definition) is 4. The van der Waals surface area contributed by atoms with E-state index in [2.05, 4.69) is 0 Å². The second-order valence-corrected chi connectivity index (χ2v) is 3.58. The molecule has 6 heteroatoms. The Hall–Kier alpha value is -0.690.